The van der Waals surface area contributed by atoms with Crippen molar-refractivity contribution in [3.05, 3.63) is 47.8 Å². The molecule has 0 aliphatic carbocycles. The number of fused-ring (bicyclic) bond motifs is 2. The summed E-state index contributed by atoms with van der Waals surface area (Å²) in [5, 5.41) is 10.5. The van der Waals surface area contributed by atoms with Crippen molar-refractivity contribution < 1.29 is 33.4 Å². The number of hydrogen-bond acceptors (Lipinski definition) is 9. The average molecular weight is 718 g/mol. The van der Waals surface area contributed by atoms with Crippen molar-refractivity contribution >= 4 is 45.1 Å². The van der Waals surface area contributed by atoms with E-state index < -0.39 is 16.2 Å². The Morgan fingerprint density at radius 3 is 1.65 bits per heavy atom. The van der Waals surface area contributed by atoms with E-state index in [0.29, 0.717) is 57.8 Å². The van der Waals surface area contributed by atoms with Gasteiger partial charge in [-0.3, -0.25) is 28.5 Å². The fourth-order valence-corrected chi connectivity index (χ4v) is 5.93. The zero-order chi connectivity index (χ0) is 38.6. The third kappa shape index (κ3) is 9.44. The maximum absolute atomic E-state index is 13.9. The lowest BCUT2D eigenvalue weighted by atomic mass is 9.88. The Bertz CT molecular complexity index is 1940. The zero-order valence-corrected chi connectivity index (χ0v) is 32.7. The monoisotopic (exact) mass is 717 g/mol. The lowest BCUT2D eigenvalue weighted by molar-refractivity contribution is -0.135. The number of unbranched alkanes of at least 4 members (excludes halogenated alkanes) is 1. The Kier molecular flexibility index (Phi) is 12.3. The molecule has 4 rings (SSSR count). The highest BCUT2D eigenvalue weighted by Crippen LogP contribution is 2.31. The summed E-state index contributed by atoms with van der Waals surface area (Å²) in [5.41, 5.74) is 0.129. The molecule has 4 aromatic rings. The number of carbonyl (C=O) groups excluding carboxylic acids is 4. The van der Waals surface area contributed by atoms with Crippen LogP contribution in [0.1, 0.15) is 96.1 Å². The predicted molar refractivity (Wildman–Crippen MR) is 201 cm³/mol. The predicted octanol–water partition coefficient (Wildman–Crippen LogP) is 6.80. The van der Waals surface area contributed by atoms with Crippen LogP contribution >= 0.6 is 0 Å². The minimum Gasteiger partial charge on any atom is -0.497 e. The van der Waals surface area contributed by atoms with E-state index >= 15 is 0 Å². The molecule has 0 spiro atoms. The summed E-state index contributed by atoms with van der Waals surface area (Å²) in [6.45, 7) is 18.0. The number of aromatic nitrogens is 4. The molecule has 0 aliphatic rings. The summed E-state index contributed by atoms with van der Waals surface area (Å²) in [5.74, 6) is 0.623. The fourth-order valence-electron chi connectivity index (χ4n) is 5.93. The van der Waals surface area contributed by atoms with Crippen LogP contribution in [0.2, 0.25) is 0 Å². The van der Waals surface area contributed by atoms with Crippen LogP contribution in [-0.4, -0.2) is 88.2 Å². The first-order chi connectivity index (χ1) is 24.3. The molecule has 0 aliphatic heterocycles. The van der Waals surface area contributed by atoms with Gasteiger partial charge in [0.1, 0.15) is 42.6 Å². The van der Waals surface area contributed by atoms with Crippen LogP contribution in [0, 0.1) is 16.2 Å². The molecule has 2 aromatic heterocycles. The van der Waals surface area contributed by atoms with Crippen molar-refractivity contribution in [3.8, 4) is 11.5 Å². The minimum atomic E-state index is -0.650. The standard InChI is InChI=1S/C40H55N5O7/c1-12-13-18-43(33(47)22-45-32-20-28(51-11)15-17-30(32)35(42-45)37(49)39(5,6)7)24-40(8,9)25-52-23-26(46)21-44-31-19-27(50-10)14-16-29(31)34(41-44)36(48)38(2,3)4/h14-17,19-20H,12-13,18,21-25H2,1-11H3. The quantitative estimate of drug-likeness (QED) is 0.108. The first kappa shape index (κ1) is 40.2. The van der Waals surface area contributed by atoms with Gasteiger partial charge in [0.2, 0.25) is 5.91 Å². The van der Waals surface area contributed by atoms with Crippen LogP contribution in [0.15, 0.2) is 36.4 Å². The highest BCUT2D eigenvalue weighted by Gasteiger charge is 2.31. The second-order valence-electron chi connectivity index (χ2n) is 16.3. The molecule has 2 heterocycles. The van der Waals surface area contributed by atoms with E-state index in [0.717, 1.165) is 12.8 Å². The van der Waals surface area contributed by atoms with Gasteiger partial charge in [-0.1, -0.05) is 68.7 Å². The van der Waals surface area contributed by atoms with Gasteiger partial charge >= 0.3 is 0 Å². The van der Waals surface area contributed by atoms with E-state index in [-0.39, 0.29) is 49.6 Å². The van der Waals surface area contributed by atoms with Gasteiger partial charge in [-0.25, -0.2) is 0 Å². The molecule has 0 unspecified atom stereocenters. The van der Waals surface area contributed by atoms with Crippen molar-refractivity contribution in [1.29, 1.82) is 0 Å². The molecule has 0 bridgehead atoms. The van der Waals surface area contributed by atoms with E-state index in [1.165, 1.54) is 4.68 Å². The van der Waals surface area contributed by atoms with Crippen molar-refractivity contribution in [2.75, 3.05) is 40.5 Å². The molecule has 12 heteroatoms. The van der Waals surface area contributed by atoms with Crippen molar-refractivity contribution in [2.24, 2.45) is 16.2 Å². The maximum atomic E-state index is 13.9. The fraction of sp³-hybridized carbons (Fsp3) is 0.550. The van der Waals surface area contributed by atoms with Crippen molar-refractivity contribution in [2.45, 2.75) is 88.2 Å². The normalized spacial score (nSPS) is 12.4. The number of carbonyl (C=O) groups is 4. The van der Waals surface area contributed by atoms with E-state index in [2.05, 4.69) is 17.1 Å². The number of ketones is 3. The molecule has 1 amide bonds. The maximum Gasteiger partial charge on any atom is 0.244 e. The Balaban J connectivity index is 1.46. The van der Waals surface area contributed by atoms with Gasteiger partial charge in [-0.05, 0) is 30.7 Å². The molecular formula is C40H55N5O7. The molecule has 0 saturated carbocycles. The second-order valence-corrected chi connectivity index (χ2v) is 16.3. The van der Waals surface area contributed by atoms with Gasteiger partial charge in [0, 0.05) is 52.2 Å². The first-order valence-corrected chi connectivity index (χ1v) is 17.9. The van der Waals surface area contributed by atoms with Crippen LogP contribution in [-0.2, 0) is 27.4 Å². The Morgan fingerprint density at radius 1 is 0.731 bits per heavy atom. The smallest absolute Gasteiger partial charge is 0.244 e. The number of hydrogen-bond donors (Lipinski definition) is 0. The average Bonchev–Trinajstić information content (AvgIpc) is 3.61. The molecular weight excluding hydrogens is 662 g/mol. The zero-order valence-electron chi connectivity index (χ0n) is 32.7. The lowest BCUT2D eigenvalue weighted by Crippen LogP contribution is -2.43. The number of amides is 1. The first-order valence-electron chi connectivity index (χ1n) is 17.9. The van der Waals surface area contributed by atoms with Crippen LogP contribution in [0.4, 0.5) is 0 Å². The van der Waals surface area contributed by atoms with Crippen LogP contribution in [0.3, 0.4) is 0 Å². The molecule has 0 radical (unpaired) electrons. The van der Waals surface area contributed by atoms with Gasteiger partial charge < -0.3 is 19.1 Å². The molecule has 0 N–H and O–H groups in total. The summed E-state index contributed by atoms with van der Waals surface area (Å²) in [7, 11) is 3.13. The second kappa shape index (κ2) is 16.0. The Morgan fingerprint density at radius 2 is 1.21 bits per heavy atom. The molecule has 2 aromatic carbocycles. The molecule has 0 fully saturated rings. The van der Waals surface area contributed by atoms with Crippen LogP contribution < -0.4 is 9.47 Å². The van der Waals surface area contributed by atoms with Gasteiger partial charge in [-0.2, -0.15) is 10.2 Å². The number of rotatable bonds is 17. The van der Waals surface area contributed by atoms with E-state index in [1.807, 2.05) is 66.4 Å². The van der Waals surface area contributed by atoms with Gasteiger partial charge in [0.25, 0.3) is 0 Å². The molecule has 282 valence electrons. The van der Waals surface area contributed by atoms with E-state index in [4.69, 9.17) is 14.2 Å². The number of benzene rings is 2. The van der Waals surface area contributed by atoms with Crippen molar-refractivity contribution in [1.82, 2.24) is 24.5 Å². The molecule has 52 heavy (non-hydrogen) atoms. The number of methoxy groups -OCH3 is 2. The van der Waals surface area contributed by atoms with Crippen LogP contribution in [0.25, 0.3) is 21.8 Å². The molecule has 0 atom stereocenters. The lowest BCUT2D eigenvalue weighted by Gasteiger charge is -2.32. The summed E-state index contributed by atoms with van der Waals surface area (Å²) in [6, 6.07) is 10.7. The Labute approximate surface area is 306 Å². The summed E-state index contributed by atoms with van der Waals surface area (Å²) < 4.78 is 19.9. The molecule has 0 saturated heterocycles. The third-order valence-corrected chi connectivity index (χ3v) is 8.83. The van der Waals surface area contributed by atoms with E-state index in [1.54, 1.807) is 49.2 Å². The van der Waals surface area contributed by atoms with Gasteiger partial charge in [-0.15, -0.1) is 0 Å². The summed E-state index contributed by atoms with van der Waals surface area (Å²) in [6.07, 6.45) is 1.71. The van der Waals surface area contributed by atoms with E-state index in [9.17, 15) is 19.2 Å². The Hall–Kier alpha value is -4.58. The van der Waals surface area contributed by atoms with Gasteiger partial charge in [0.05, 0.1) is 31.9 Å². The number of nitrogens with zero attached hydrogens (tertiary/aromatic N) is 5. The SMILES string of the molecule is CCCCN(CC(C)(C)COCC(=O)Cn1nc(C(=O)C(C)(C)C)c2ccc(OC)cc21)C(=O)Cn1nc(C(=O)C(C)(C)C)c2ccc(OC)cc21. The third-order valence-electron chi connectivity index (χ3n) is 8.83. The minimum absolute atomic E-state index is 0.0530. The highest BCUT2D eigenvalue weighted by molar-refractivity contribution is 6.09. The number of ether oxygens (including phenoxy) is 3. The number of Topliss-reactive ketones (excluding diaryl/α,β-unsaturated/α-hetero) is 3. The highest BCUT2D eigenvalue weighted by atomic mass is 16.5. The largest absolute Gasteiger partial charge is 0.497 e. The topological polar surface area (TPSA) is 135 Å². The summed E-state index contributed by atoms with van der Waals surface area (Å²) in [4.78, 5) is 55.5. The summed E-state index contributed by atoms with van der Waals surface area (Å²) >= 11 is 0. The molecule has 12 nitrogen and oxygen atoms in total. The van der Waals surface area contributed by atoms with Gasteiger partial charge in [0.15, 0.2) is 17.3 Å². The van der Waals surface area contributed by atoms with Crippen LogP contribution in [0.5, 0.6) is 11.5 Å². The van der Waals surface area contributed by atoms with Crippen molar-refractivity contribution in [3.63, 3.8) is 0 Å².